The lowest BCUT2D eigenvalue weighted by atomic mass is 9.44. The standard InChI is InChI=1S/C21H26ClFN4O3/c22-15-3-2-14(7-16(15)23)30-9-18(28)25-20-10-21(11-20,12-20)26-19(29)13-1-4-17-24-5-6-27(17)8-13/h2-3,7,13,17,24H,1,4-6,8-12H2,(H,25,28)(H,26,29). The van der Waals surface area contributed by atoms with E-state index in [0.29, 0.717) is 6.17 Å². The van der Waals surface area contributed by atoms with Gasteiger partial charge < -0.3 is 20.7 Å². The van der Waals surface area contributed by atoms with Crippen molar-refractivity contribution in [3.63, 3.8) is 0 Å². The normalized spacial score (nSPS) is 34.3. The first-order chi connectivity index (χ1) is 14.4. The van der Waals surface area contributed by atoms with Crippen LogP contribution < -0.4 is 20.7 Å². The summed E-state index contributed by atoms with van der Waals surface area (Å²) in [5, 5.41) is 9.74. The van der Waals surface area contributed by atoms with Gasteiger partial charge in [-0.2, -0.15) is 0 Å². The number of hydrogen-bond acceptors (Lipinski definition) is 5. The lowest BCUT2D eigenvalue weighted by Crippen LogP contribution is -2.84. The van der Waals surface area contributed by atoms with Gasteiger partial charge in [0.1, 0.15) is 11.6 Å². The molecule has 1 aromatic carbocycles. The maximum absolute atomic E-state index is 13.4. The molecule has 3 saturated carbocycles. The first-order valence-electron chi connectivity index (χ1n) is 10.5. The average Bonchev–Trinajstić information content (AvgIpc) is 3.14. The summed E-state index contributed by atoms with van der Waals surface area (Å²) in [5.41, 5.74) is -0.403. The zero-order valence-electron chi connectivity index (χ0n) is 16.7. The highest BCUT2D eigenvalue weighted by atomic mass is 35.5. The van der Waals surface area contributed by atoms with Crippen molar-refractivity contribution in [2.24, 2.45) is 5.92 Å². The molecule has 9 heteroatoms. The second-order valence-corrected chi connectivity index (χ2v) is 9.64. The van der Waals surface area contributed by atoms with E-state index in [-0.39, 0.29) is 46.2 Å². The summed E-state index contributed by atoms with van der Waals surface area (Å²) in [5.74, 6) is -0.371. The zero-order valence-corrected chi connectivity index (χ0v) is 17.4. The number of halogens is 2. The summed E-state index contributed by atoms with van der Waals surface area (Å²) in [6.07, 6.45) is 4.65. The molecule has 30 heavy (non-hydrogen) atoms. The van der Waals surface area contributed by atoms with Crippen LogP contribution in [-0.2, 0) is 9.59 Å². The van der Waals surface area contributed by atoms with Gasteiger partial charge in [-0.05, 0) is 44.2 Å². The number of nitrogens with zero attached hydrogens (tertiary/aromatic N) is 1. The minimum atomic E-state index is -0.582. The molecular weight excluding hydrogens is 411 g/mol. The number of nitrogens with one attached hydrogen (secondary N) is 3. The first kappa shape index (κ1) is 20.0. The van der Waals surface area contributed by atoms with Gasteiger partial charge in [-0.3, -0.25) is 14.5 Å². The molecule has 2 heterocycles. The summed E-state index contributed by atoms with van der Waals surface area (Å²) in [6, 6.07) is 4.08. The van der Waals surface area contributed by atoms with Gasteiger partial charge in [-0.25, -0.2) is 4.39 Å². The largest absolute Gasteiger partial charge is 0.484 e. The predicted octanol–water partition coefficient (Wildman–Crippen LogP) is 1.41. The van der Waals surface area contributed by atoms with Gasteiger partial charge in [0.15, 0.2) is 6.61 Å². The van der Waals surface area contributed by atoms with Crippen molar-refractivity contribution >= 4 is 23.4 Å². The second-order valence-electron chi connectivity index (χ2n) is 9.23. The van der Waals surface area contributed by atoms with Gasteiger partial charge in [-0.15, -0.1) is 0 Å². The van der Waals surface area contributed by atoms with Gasteiger partial charge in [0, 0.05) is 36.8 Å². The minimum Gasteiger partial charge on any atom is -0.484 e. The Labute approximate surface area is 179 Å². The summed E-state index contributed by atoms with van der Waals surface area (Å²) in [4.78, 5) is 27.3. The fraction of sp³-hybridized carbons (Fsp3) is 0.619. The molecule has 2 aliphatic heterocycles. The number of fused-ring (bicyclic) bond motifs is 1. The van der Waals surface area contributed by atoms with Gasteiger partial charge in [0.25, 0.3) is 5.91 Å². The van der Waals surface area contributed by atoms with Crippen molar-refractivity contribution in [1.29, 1.82) is 0 Å². The fourth-order valence-electron chi connectivity index (χ4n) is 5.57. The molecule has 162 valence electrons. The highest BCUT2D eigenvalue weighted by Gasteiger charge is 2.69. The van der Waals surface area contributed by atoms with E-state index in [0.717, 1.165) is 57.8 Å². The van der Waals surface area contributed by atoms with Crippen LogP contribution in [0.15, 0.2) is 18.2 Å². The van der Waals surface area contributed by atoms with E-state index in [1.165, 1.54) is 12.1 Å². The molecule has 2 unspecified atom stereocenters. The lowest BCUT2D eigenvalue weighted by molar-refractivity contribution is -0.153. The SMILES string of the molecule is O=C(COc1ccc(Cl)c(F)c1)NC12CC(NC(=O)C3CCC4NCCN4C3)(C1)C2. The molecule has 0 spiro atoms. The lowest BCUT2D eigenvalue weighted by Gasteiger charge is -2.70. The van der Waals surface area contributed by atoms with Gasteiger partial charge in [0.05, 0.1) is 17.1 Å². The Bertz CT molecular complexity index is 862. The number of piperidine rings is 1. The highest BCUT2D eigenvalue weighted by molar-refractivity contribution is 6.30. The number of carbonyl (C=O) groups excluding carboxylic acids is 2. The third kappa shape index (κ3) is 3.65. The van der Waals surface area contributed by atoms with Crippen LogP contribution in [0.2, 0.25) is 5.02 Å². The third-order valence-corrected chi connectivity index (χ3v) is 7.22. The molecule has 0 aromatic heterocycles. The Morgan fingerprint density at radius 1 is 1.23 bits per heavy atom. The molecule has 1 aromatic rings. The predicted molar refractivity (Wildman–Crippen MR) is 109 cm³/mol. The summed E-state index contributed by atoms with van der Waals surface area (Å²) in [7, 11) is 0. The maximum Gasteiger partial charge on any atom is 0.258 e. The van der Waals surface area contributed by atoms with E-state index in [1.54, 1.807) is 0 Å². The minimum absolute atomic E-state index is 0.0122. The maximum atomic E-state index is 13.4. The first-order valence-corrected chi connectivity index (χ1v) is 10.9. The van der Waals surface area contributed by atoms with Crippen molar-refractivity contribution in [2.45, 2.75) is 49.3 Å². The topological polar surface area (TPSA) is 82.7 Å². The third-order valence-electron chi connectivity index (χ3n) is 6.92. The van der Waals surface area contributed by atoms with Crippen LogP contribution in [0.5, 0.6) is 5.75 Å². The monoisotopic (exact) mass is 436 g/mol. The Balaban J connectivity index is 1.05. The van der Waals surface area contributed by atoms with Crippen molar-refractivity contribution in [1.82, 2.24) is 20.9 Å². The Morgan fingerprint density at radius 3 is 2.77 bits per heavy atom. The molecule has 3 aliphatic carbocycles. The van der Waals surface area contributed by atoms with Gasteiger partial charge >= 0.3 is 0 Å². The molecule has 6 rings (SSSR count). The van der Waals surface area contributed by atoms with E-state index in [2.05, 4.69) is 20.9 Å². The number of rotatable bonds is 6. The Hall–Kier alpha value is -1.90. The van der Waals surface area contributed by atoms with Crippen molar-refractivity contribution < 1.29 is 18.7 Å². The van der Waals surface area contributed by atoms with Crippen molar-refractivity contribution in [3.05, 3.63) is 29.0 Å². The number of ether oxygens (including phenoxy) is 1. The van der Waals surface area contributed by atoms with Crippen molar-refractivity contribution in [2.75, 3.05) is 26.2 Å². The molecule has 5 fully saturated rings. The molecule has 3 N–H and O–H groups in total. The molecule has 7 nitrogen and oxygen atoms in total. The quantitative estimate of drug-likeness (QED) is 0.628. The summed E-state index contributed by atoms with van der Waals surface area (Å²) < 4.78 is 18.8. The number of amides is 2. The molecule has 2 atom stereocenters. The zero-order chi connectivity index (χ0) is 20.9. The molecule has 2 saturated heterocycles. The van der Waals surface area contributed by atoms with Crippen LogP contribution >= 0.6 is 11.6 Å². The average molecular weight is 437 g/mol. The van der Waals surface area contributed by atoms with E-state index in [4.69, 9.17) is 16.3 Å². The molecule has 5 aliphatic rings. The van der Waals surface area contributed by atoms with E-state index >= 15 is 0 Å². The van der Waals surface area contributed by atoms with Crippen LogP contribution in [0.3, 0.4) is 0 Å². The van der Waals surface area contributed by atoms with E-state index < -0.39 is 5.82 Å². The van der Waals surface area contributed by atoms with Gasteiger partial charge in [0.2, 0.25) is 5.91 Å². The molecular formula is C21H26ClFN4O3. The van der Waals surface area contributed by atoms with E-state index in [9.17, 15) is 14.0 Å². The molecule has 2 amide bonds. The Kier molecular flexibility index (Phi) is 4.91. The number of carbonyl (C=O) groups is 2. The Morgan fingerprint density at radius 2 is 2.00 bits per heavy atom. The van der Waals surface area contributed by atoms with Crippen LogP contribution in [0.1, 0.15) is 32.1 Å². The molecule has 2 bridgehead atoms. The van der Waals surface area contributed by atoms with E-state index in [1.807, 2.05) is 0 Å². The van der Waals surface area contributed by atoms with Crippen molar-refractivity contribution in [3.8, 4) is 5.75 Å². The smallest absolute Gasteiger partial charge is 0.258 e. The highest BCUT2D eigenvalue weighted by Crippen LogP contribution is 2.60. The van der Waals surface area contributed by atoms with Crippen LogP contribution in [-0.4, -0.2) is 60.2 Å². The fourth-order valence-corrected chi connectivity index (χ4v) is 5.69. The summed E-state index contributed by atoms with van der Waals surface area (Å²) in [6.45, 7) is 2.65. The number of hydrogen-bond donors (Lipinski definition) is 3. The second kappa shape index (κ2) is 7.35. The number of benzene rings is 1. The van der Waals surface area contributed by atoms with Crippen LogP contribution in [0.25, 0.3) is 0 Å². The van der Waals surface area contributed by atoms with Crippen LogP contribution in [0.4, 0.5) is 4.39 Å². The molecule has 0 radical (unpaired) electrons. The van der Waals surface area contributed by atoms with Gasteiger partial charge in [-0.1, -0.05) is 11.6 Å². The van der Waals surface area contributed by atoms with Crippen LogP contribution in [0, 0.1) is 11.7 Å². The summed E-state index contributed by atoms with van der Waals surface area (Å²) >= 11 is 5.64.